The lowest BCUT2D eigenvalue weighted by Crippen LogP contribution is -2.14. The predicted molar refractivity (Wildman–Crippen MR) is 84.6 cm³/mol. The first-order valence-electron chi connectivity index (χ1n) is 8.53. The zero-order valence-electron chi connectivity index (χ0n) is 13.8. The highest BCUT2D eigenvalue weighted by atomic mass is 19.4. The van der Waals surface area contributed by atoms with Crippen molar-refractivity contribution in [1.29, 1.82) is 0 Å². The van der Waals surface area contributed by atoms with E-state index in [0.29, 0.717) is 23.8 Å². The number of halogens is 5. The van der Waals surface area contributed by atoms with Crippen molar-refractivity contribution < 1.29 is 22.0 Å². The van der Waals surface area contributed by atoms with Crippen LogP contribution in [-0.4, -0.2) is 0 Å². The first-order valence-corrected chi connectivity index (χ1v) is 8.53. The molecular formula is C19H23F5. The van der Waals surface area contributed by atoms with E-state index in [2.05, 4.69) is 19.1 Å². The van der Waals surface area contributed by atoms with Gasteiger partial charge in [0.25, 0.3) is 0 Å². The molecule has 0 aliphatic heterocycles. The summed E-state index contributed by atoms with van der Waals surface area (Å²) in [5.74, 6) is -1.95. The Hall–Kier alpha value is -1.39. The van der Waals surface area contributed by atoms with Gasteiger partial charge >= 0.3 is 6.18 Å². The van der Waals surface area contributed by atoms with Gasteiger partial charge in [0.1, 0.15) is 17.2 Å². The Labute approximate surface area is 139 Å². The van der Waals surface area contributed by atoms with Gasteiger partial charge in [-0.05, 0) is 74.5 Å². The summed E-state index contributed by atoms with van der Waals surface area (Å²) in [6.45, 7) is 2.10. The van der Waals surface area contributed by atoms with Crippen LogP contribution in [0.15, 0.2) is 24.3 Å². The molecular weight excluding hydrogens is 323 g/mol. The van der Waals surface area contributed by atoms with Gasteiger partial charge in [-0.3, -0.25) is 0 Å². The quantitative estimate of drug-likeness (QED) is 0.411. The van der Waals surface area contributed by atoms with E-state index in [1.54, 1.807) is 0 Å². The highest BCUT2D eigenvalue weighted by Crippen LogP contribution is 2.35. The number of alkyl halides is 3. The average molecular weight is 346 g/mol. The van der Waals surface area contributed by atoms with E-state index in [4.69, 9.17) is 0 Å². The summed E-state index contributed by atoms with van der Waals surface area (Å²) in [4.78, 5) is 0. The van der Waals surface area contributed by atoms with Crippen LogP contribution in [0.3, 0.4) is 0 Å². The van der Waals surface area contributed by atoms with Crippen LogP contribution in [0.2, 0.25) is 0 Å². The molecule has 0 atom stereocenters. The zero-order chi connectivity index (χ0) is 17.7. The Morgan fingerprint density at radius 1 is 1.04 bits per heavy atom. The molecule has 0 radical (unpaired) electrons. The van der Waals surface area contributed by atoms with Gasteiger partial charge in [0.15, 0.2) is 0 Å². The van der Waals surface area contributed by atoms with Crippen LogP contribution in [0.25, 0.3) is 0 Å². The number of hydrogen-bond donors (Lipinski definition) is 0. The normalized spacial score (nSPS) is 22.2. The van der Waals surface area contributed by atoms with Crippen molar-refractivity contribution in [2.24, 2.45) is 11.8 Å². The lowest BCUT2D eigenvalue weighted by atomic mass is 9.79. The van der Waals surface area contributed by atoms with Gasteiger partial charge in [0.2, 0.25) is 0 Å². The third-order valence-corrected chi connectivity index (χ3v) is 4.76. The molecule has 1 saturated carbocycles. The fourth-order valence-corrected chi connectivity index (χ4v) is 3.41. The van der Waals surface area contributed by atoms with Crippen LogP contribution in [0, 0.1) is 23.5 Å². The fraction of sp³-hybridized carbons (Fsp3) is 0.579. The second-order valence-electron chi connectivity index (χ2n) is 6.59. The van der Waals surface area contributed by atoms with Crippen molar-refractivity contribution in [3.8, 4) is 0 Å². The molecule has 0 unspecified atom stereocenters. The van der Waals surface area contributed by atoms with E-state index in [1.165, 1.54) is 0 Å². The fourth-order valence-electron chi connectivity index (χ4n) is 3.41. The number of aryl methyl sites for hydroxylation is 1. The molecule has 0 spiro atoms. The van der Waals surface area contributed by atoms with Crippen molar-refractivity contribution >= 4 is 0 Å². The van der Waals surface area contributed by atoms with Crippen LogP contribution in [-0.2, 0) is 12.6 Å². The van der Waals surface area contributed by atoms with Crippen LogP contribution in [0.1, 0.15) is 56.6 Å². The van der Waals surface area contributed by atoms with Crippen molar-refractivity contribution in [2.75, 3.05) is 0 Å². The molecule has 24 heavy (non-hydrogen) atoms. The predicted octanol–water partition coefficient (Wildman–Crippen LogP) is 6.69. The first kappa shape index (κ1) is 18.9. The van der Waals surface area contributed by atoms with Gasteiger partial charge in [-0.15, -0.1) is 0 Å². The molecule has 5 heteroatoms. The van der Waals surface area contributed by atoms with Gasteiger partial charge in [0, 0.05) is 0 Å². The number of hydrogen-bond acceptors (Lipinski definition) is 0. The number of rotatable bonds is 5. The minimum absolute atomic E-state index is 0.297. The zero-order valence-corrected chi connectivity index (χ0v) is 13.8. The summed E-state index contributed by atoms with van der Waals surface area (Å²) in [5.41, 5.74) is -1.50. The maximum atomic E-state index is 13.6. The topological polar surface area (TPSA) is 0 Å². The lowest BCUT2D eigenvalue weighted by Gasteiger charge is -2.26. The summed E-state index contributed by atoms with van der Waals surface area (Å²) in [7, 11) is 0. The van der Waals surface area contributed by atoms with Crippen molar-refractivity contribution in [1.82, 2.24) is 0 Å². The third-order valence-electron chi connectivity index (χ3n) is 4.76. The lowest BCUT2D eigenvalue weighted by molar-refractivity contribution is -0.142. The highest BCUT2D eigenvalue weighted by Gasteiger charge is 2.37. The van der Waals surface area contributed by atoms with Gasteiger partial charge in [-0.1, -0.05) is 19.1 Å². The van der Waals surface area contributed by atoms with E-state index in [9.17, 15) is 22.0 Å². The molecule has 1 aliphatic carbocycles. The molecule has 0 saturated heterocycles. The average Bonchev–Trinajstić information content (AvgIpc) is 2.50. The molecule has 0 amide bonds. The Balaban J connectivity index is 1.91. The molecule has 0 heterocycles. The highest BCUT2D eigenvalue weighted by molar-refractivity contribution is 5.28. The van der Waals surface area contributed by atoms with Gasteiger partial charge in [-0.2, -0.15) is 13.2 Å². The molecule has 0 nitrogen and oxygen atoms in total. The van der Waals surface area contributed by atoms with Crippen LogP contribution in [0.4, 0.5) is 22.0 Å². The van der Waals surface area contributed by atoms with E-state index >= 15 is 0 Å². The molecule has 1 aromatic carbocycles. The summed E-state index contributed by atoms with van der Waals surface area (Å²) in [5, 5.41) is 0. The van der Waals surface area contributed by atoms with Crippen LogP contribution >= 0.6 is 0 Å². The Morgan fingerprint density at radius 3 is 2.12 bits per heavy atom. The van der Waals surface area contributed by atoms with Crippen molar-refractivity contribution in [3.05, 3.63) is 47.0 Å². The molecule has 1 fully saturated rings. The van der Waals surface area contributed by atoms with Crippen LogP contribution in [0.5, 0.6) is 0 Å². The Bertz CT molecular complexity index is 543. The van der Waals surface area contributed by atoms with Gasteiger partial charge in [-0.25, -0.2) is 8.78 Å². The van der Waals surface area contributed by atoms with Gasteiger partial charge < -0.3 is 0 Å². The van der Waals surface area contributed by atoms with E-state index in [0.717, 1.165) is 50.7 Å². The summed E-state index contributed by atoms with van der Waals surface area (Å²) in [6.07, 6.45) is 5.97. The number of allylic oxidation sites excluding steroid dienone is 2. The number of benzene rings is 1. The Morgan fingerprint density at radius 2 is 1.62 bits per heavy atom. The van der Waals surface area contributed by atoms with Crippen LogP contribution < -0.4 is 0 Å². The minimum Gasteiger partial charge on any atom is -0.206 e. The summed E-state index contributed by atoms with van der Waals surface area (Å²) in [6, 6.07) is 1.64. The molecule has 0 aromatic heterocycles. The minimum atomic E-state index is -5.00. The molecule has 2 rings (SSSR count). The second-order valence-corrected chi connectivity index (χ2v) is 6.59. The van der Waals surface area contributed by atoms with Gasteiger partial charge in [0.05, 0.1) is 0 Å². The summed E-state index contributed by atoms with van der Waals surface area (Å²) >= 11 is 0. The molecule has 1 aromatic rings. The SMILES string of the molecule is CC/C=C/C1CCC(CCc2cc(F)c(C(F)(F)F)c(F)c2)CC1. The first-order chi connectivity index (χ1) is 11.3. The monoisotopic (exact) mass is 346 g/mol. The maximum Gasteiger partial charge on any atom is 0.422 e. The second kappa shape index (κ2) is 8.13. The smallest absolute Gasteiger partial charge is 0.206 e. The molecule has 1 aliphatic rings. The summed E-state index contributed by atoms with van der Waals surface area (Å²) < 4.78 is 64.8. The van der Waals surface area contributed by atoms with E-state index in [1.807, 2.05) is 0 Å². The van der Waals surface area contributed by atoms with E-state index < -0.39 is 23.4 Å². The van der Waals surface area contributed by atoms with Crippen molar-refractivity contribution in [3.63, 3.8) is 0 Å². The maximum absolute atomic E-state index is 13.6. The van der Waals surface area contributed by atoms with E-state index in [-0.39, 0.29) is 0 Å². The molecule has 0 N–H and O–H groups in total. The van der Waals surface area contributed by atoms with Crippen molar-refractivity contribution in [2.45, 2.75) is 58.0 Å². The third kappa shape index (κ3) is 5.05. The largest absolute Gasteiger partial charge is 0.422 e. The Kier molecular flexibility index (Phi) is 6.41. The standard InChI is InChI=1S/C19H23F5/c1-2-3-4-13-5-7-14(8-6-13)9-10-15-11-16(20)18(17(21)12-15)19(22,23)24/h3-4,11-14H,2,5-10H2,1H3/b4-3+. The molecule has 0 bridgehead atoms. The molecule has 134 valence electrons.